The summed E-state index contributed by atoms with van der Waals surface area (Å²) >= 11 is 1.58. The van der Waals surface area contributed by atoms with Crippen molar-refractivity contribution < 1.29 is 17.9 Å². The van der Waals surface area contributed by atoms with E-state index in [1.165, 1.54) is 25.3 Å². The first kappa shape index (κ1) is 25.8. The lowest BCUT2D eigenvalue weighted by Crippen LogP contribution is -2.25. The van der Waals surface area contributed by atoms with E-state index in [1.54, 1.807) is 41.8 Å². The number of methoxy groups -OCH3 is 1. The summed E-state index contributed by atoms with van der Waals surface area (Å²) in [6, 6.07) is 6.82. The Balaban J connectivity index is 1.30. The molecular weight excluding hydrogens is 525 g/mol. The molecule has 0 radical (unpaired) electrons. The Morgan fingerprint density at radius 2 is 2.10 bits per heavy atom. The molecule has 1 unspecified atom stereocenters. The Morgan fingerprint density at radius 1 is 1.31 bits per heavy atom. The zero-order valence-corrected chi connectivity index (χ0v) is 22.5. The Kier molecular flexibility index (Phi) is 6.36. The van der Waals surface area contributed by atoms with Crippen molar-refractivity contribution in [2.75, 3.05) is 18.2 Å². The second-order valence-corrected chi connectivity index (χ2v) is 11.9. The summed E-state index contributed by atoms with van der Waals surface area (Å²) in [7, 11) is 1.59. The van der Waals surface area contributed by atoms with Crippen LogP contribution in [0.1, 0.15) is 56.3 Å². The van der Waals surface area contributed by atoms with E-state index in [0.29, 0.717) is 22.5 Å². The van der Waals surface area contributed by atoms with E-state index in [0.717, 1.165) is 28.1 Å². The van der Waals surface area contributed by atoms with Crippen LogP contribution in [0.15, 0.2) is 48.1 Å². The highest BCUT2D eigenvalue weighted by molar-refractivity contribution is 7.99. The smallest absolute Gasteiger partial charge is 0.259 e. The molecule has 0 saturated heterocycles. The summed E-state index contributed by atoms with van der Waals surface area (Å²) in [5, 5.41) is 14.4. The standard InChI is InChI=1S/C28H29F3N6OS/c1-16(19-14-32-37-15-17(38-3)5-6-23(19)37)33-22-11-18(25-34-26(36-35-25)20-13-28(20,30)31)21(29)12-24(22)39-10-9-27(2)7-4-8-27/h5-6,11-12,14-15,20,33H,1,4,7-10,13H2,2-3H3,(H,34,35,36). The second kappa shape index (κ2) is 9.62. The van der Waals surface area contributed by atoms with Gasteiger partial charge in [0, 0.05) is 22.6 Å². The number of benzene rings is 1. The summed E-state index contributed by atoms with van der Waals surface area (Å²) in [6.45, 7) is 6.52. The largest absolute Gasteiger partial charge is 0.495 e. The van der Waals surface area contributed by atoms with E-state index in [-0.39, 0.29) is 23.6 Å². The van der Waals surface area contributed by atoms with Gasteiger partial charge in [-0.05, 0) is 54.7 Å². The number of hydrogen-bond donors (Lipinski definition) is 2. The van der Waals surface area contributed by atoms with Gasteiger partial charge in [-0.2, -0.15) is 10.2 Å². The molecule has 0 amide bonds. The number of aromatic nitrogens is 5. The number of rotatable bonds is 10. The number of pyridine rings is 1. The first-order valence-corrected chi connectivity index (χ1v) is 13.9. The van der Waals surface area contributed by atoms with Crippen LogP contribution < -0.4 is 10.1 Å². The van der Waals surface area contributed by atoms with E-state index in [1.807, 2.05) is 12.1 Å². The summed E-state index contributed by atoms with van der Waals surface area (Å²) in [5.41, 5.74) is 3.28. The van der Waals surface area contributed by atoms with Crippen LogP contribution in [0.5, 0.6) is 5.75 Å². The molecule has 0 spiro atoms. The van der Waals surface area contributed by atoms with Gasteiger partial charge in [0.15, 0.2) is 5.82 Å². The minimum Gasteiger partial charge on any atom is -0.495 e. The molecule has 3 aromatic heterocycles. The number of nitrogens with zero attached hydrogens (tertiary/aromatic N) is 4. The lowest BCUT2D eigenvalue weighted by molar-refractivity contribution is 0.111. The third kappa shape index (κ3) is 4.99. The van der Waals surface area contributed by atoms with Crippen LogP contribution in [0.25, 0.3) is 22.6 Å². The third-order valence-corrected chi connectivity index (χ3v) is 8.89. The highest BCUT2D eigenvalue weighted by Gasteiger charge is 2.59. The molecule has 39 heavy (non-hydrogen) atoms. The number of ether oxygens (including phenoxy) is 1. The quantitative estimate of drug-likeness (QED) is 0.203. The lowest BCUT2D eigenvalue weighted by Gasteiger charge is -2.38. The number of halogens is 3. The molecule has 2 saturated carbocycles. The fourth-order valence-corrected chi connectivity index (χ4v) is 6.26. The summed E-state index contributed by atoms with van der Waals surface area (Å²) in [5.74, 6) is -2.68. The number of alkyl halides is 2. The maximum Gasteiger partial charge on any atom is 0.259 e. The minimum absolute atomic E-state index is 0.0421. The van der Waals surface area contributed by atoms with Crippen LogP contribution in [-0.4, -0.2) is 43.6 Å². The molecule has 0 aliphatic heterocycles. The molecule has 2 N–H and O–H groups in total. The molecule has 3 heterocycles. The average molecular weight is 555 g/mol. The van der Waals surface area contributed by atoms with Crippen LogP contribution in [0.4, 0.5) is 18.9 Å². The Bertz CT molecular complexity index is 1560. The zero-order chi connectivity index (χ0) is 27.4. The van der Waals surface area contributed by atoms with Crippen LogP contribution in [0.2, 0.25) is 0 Å². The predicted molar refractivity (Wildman–Crippen MR) is 146 cm³/mol. The van der Waals surface area contributed by atoms with Gasteiger partial charge in [-0.3, -0.25) is 5.10 Å². The van der Waals surface area contributed by atoms with Crippen molar-refractivity contribution in [2.24, 2.45) is 5.41 Å². The maximum absolute atomic E-state index is 15.4. The molecular formula is C28H29F3N6OS. The fourth-order valence-electron chi connectivity index (χ4n) is 4.99. The van der Waals surface area contributed by atoms with Gasteiger partial charge in [0.1, 0.15) is 17.4 Å². The lowest BCUT2D eigenvalue weighted by atomic mass is 9.69. The molecule has 2 fully saturated rings. The normalized spacial score (nSPS) is 19.1. The van der Waals surface area contributed by atoms with Crippen molar-refractivity contribution in [3.8, 4) is 17.1 Å². The molecule has 0 bridgehead atoms. The van der Waals surface area contributed by atoms with Crippen molar-refractivity contribution >= 4 is 28.7 Å². The molecule has 2 aliphatic rings. The van der Waals surface area contributed by atoms with Crippen LogP contribution >= 0.6 is 11.8 Å². The number of H-pyrrole nitrogens is 1. The second-order valence-electron chi connectivity index (χ2n) is 10.7. The molecule has 4 aromatic rings. The SMILES string of the molecule is C=C(Nc1cc(-c2n[nH]c(C3CC3(F)F)n2)c(F)cc1SCCC1(C)CCC1)c1cnn2cc(OC)ccc12. The first-order chi connectivity index (χ1) is 18.7. The monoisotopic (exact) mass is 554 g/mol. The van der Waals surface area contributed by atoms with Crippen LogP contribution in [-0.2, 0) is 0 Å². The highest BCUT2D eigenvalue weighted by Crippen LogP contribution is 2.54. The fraction of sp³-hybridized carbons (Fsp3) is 0.393. The number of fused-ring (bicyclic) bond motifs is 1. The van der Waals surface area contributed by atoms with Crippen molar-refractivity contribution in [1.29, 1.82) is 0 Å². The van der Waals surface area contributed by atoms with Gasteiger partial charge < -0.3 is 10.1 Å². The molecule has 1 aromatic carbocycles. The summed E-state index contributed by atoms with van der Waals surface area (Å²) in [4.78, 5) is 4.93. The number of anilines is 1. The average Bonchev–Trinajstić information content (AvgIpc) is 3.24. The van der Waals surface area contributed by atoms with Crippen LogP contribution in [0, 0.1) is 11.2 Å². The number of thioether (sulfide) groups is 1. The Morgan fingerprint density at radius 3 is 2.79 bits per heavy atom. The highest BCUT2D eigenvalue weighted by atomic mass is 32.2. The van der Waals surface area contributed by atoms with Gasteiger partial charge in [0.05, 0.1) is 42.2 Å². The van der Waals surface area contributed by atoms with Gasteiger partial charge in [0.2, 0.25) is 0 Å². The van der Waals surface area contributed by atoms with Gasteiger partial charge in [-0.15, -0.1) is 11.8 Å². The molecule has 7 nitrogen and oxygen atoms in total. The third-order valence-electron chi connectivity index (χ3n) is 7.83. The van der Waals surface area contributed by atoms with Crippen molar-refractivity contribution in [1.82, 2.24) is 24.8 Å². The van der Waals surface area contributed by atoms with Crippen molar-refractivity contribution in [3.05, 3.63) is 60.4 Å². The minimum atomic E-state index is -2.80. The van der Waals surface area contributed by atoms with E-state index >= 15 is 4.39 Å². The Labute approximate surface area is 228 Å². The molecule has 204 valence electrons. The van der Waals surface area contributed by atoms with Crippen molar-refractivity contribution in [2.45, 2.75) is 55.8 Å². The van der Waals surface area contributed by atoms with Gasteiger partial charge >= 0.3 is 0 Å². The summed E-state index contributed by atoms with van der Waals surface area (Å²) < 4.78 is 49.5. The van der Waals surface area contributed by atoms with Crippen molar-refractivity contribution in [3.63, 3.8) is 0 Å². The van der Waals surface area contributed by atoms with Gasteiger partial charge in [0.25, 0.3) is 5.92 Å². The van der Waals surface area contributed by atoms with Crippen LogP contribution in [0.3, 0.4) is 0 Å². The van der Waals surface area contributed by atoms with E-state index in [9.17, 15) is 8.78 Å². The molecule has 11 heteroatoms. The number of aromatic amines is 1. The zero-order valence-electron chi connectivity index (χ0n) is 21.7. The number of nitrogens with one attached hydrogen (secondary N) is 2. The van der Waals surface area contributed by atoms with E-state index < -0.39 is 17.7 Å². The molecule has 2 aliphatic carbocycles. The Hall–Kier alpha value is -3.47. The van der Waals surface area contributed by atoms with E-state index in [4.69, 9.17) is 4.74 Å². The molecule has 1 atom stereocenters. The summed E-state index contributed by atoms with van der Waals surface area (Å²) in [6.07, 6.45) is 7.93. The molecule has 6 rings (SSSR count). The topological polar surface area (TPSA) is 80.1 Å². The van der Waals surface area contributed by atoms with Gasteiger partial charge in [-0.1, -0.05) is 19.9 Å². The number of hydrogen-bond acceptors (Lipinski definition) is 6. The predicted octanol–water partition coefficient (Wildman–Crippen LogP) is 7.14. The maximum atomic E-state index is 15.4. The first-order valence-electron chi connectivity index (χ1n) is 12.9. The van der Waals surface area contributed by atoms with E-state index in [2.05, 4.69) is 39.1 Å². The van der Waals surface area contributed by atoms with Gasteiger partial charge in [-0.25, -0.2) is 22.7 Å².